The molecule has 4 aromatic rings. The highest BCUT2D eigenvalue weighted by molar-refractivity contribution is 6.34. The Morgan fingerprint density at radius 2 is 1.54 bits per heavy atom. The van der Waals surface area contributed by atoms with Crippen LogP contribution >= 0.6 is 11.6 Å². The standard InChI is InChI=1S/C29H27ClN4O5/c1-16(2)26(35)31-15-17-4-10-23(30)22(12-17)27(36)33-21-9-11-24-19(13-21)14-25(34(24)3)28(37)32-20-7-5-18(6-8-20)29(38)39/h4-14,16H,15H2,1-3H3,(H,31,35)(H,32,37)(H,33,36)(H,38,39). The molecule has 4 rings (SSSR count). The molecule has 0 unspecified atom stereocenters. The minimum atomic E-state index is -1.05. The van der Waals surface area contributed by atoms with Crippen molar-refractivity contribution in [3.05, 3.63) is 94.1 Å². The van der Waals surface area contributed by atoms with Crippen LogP contribution in [0.15, 0.2) is 66.7 Å². The summed E-state index contributed by atoms with van der Waals surface area (Å²) in [5.74, 6) is -2.05. The fourth-order valence-electron chi connectivity index (χ4n) is 3.98. The van der Waals surface area contributed by atoms with Gasteiger partial charge in [-0.1, -0.05) is 31.5 Å². The number of amides is 3. The van der Waals surface area contributed by atoms with E-state index >= 15 is 0 Å². The van der Waals surface area contributed by atoms with E-state index in [0.29, 0.717) is 17.1 Å². The number of halogens is 1. The summed E-state index contributed by atoms with van der Waals surface area (Å²) in [7, 11) is 1.76. The van der Waals surface area contributed by atoms with Gasteiger partial charge in [-0.15, -0.1) is 0 Å². The zero-order chi connectivity index (χ0) is 28.3. The van der Waals surface area contributed by atoms with E-state index in [2.05, 4.69) is 16.0 Å². The lowest BCUT2D eigenvalue weighted by Crippen LogP contribution is -2.27. The first-order chi connectivity index (χ1) is 18.5. The van der Waals surface area contributed by atoms with E-state index in [1.165, 1.54) is 24.3 Å². The van der Waals surface area contributed by atoms with Crippen molar-refractivity contribution in [1.82, 2.24) is 9.88 Å². The molecule has 0 atom stereocenters. The van der Waals surface area contributed by atoms with E-state index in [-0.39, 0.29) is 40.4 Å². The number of aryl methyl sites for hydroxylation is 1. The molecule has 0 bridgehead atoms. The Kier molecular flexibility index (Phi) is 8.01. The van der Waals surface area contributed by atoms with Crippen LogP contribution in [0.1, 0.15) is 50.6 Å². The topological polar surface area (TPSA) is 130 Å². The van der Waals surface area contributed by atoms with Gasteiger partial charge in [-0.05, 0) is 66.2 Å². The fourth-order valence-corrected chi connectivity index (χ4v) is 4.19. The van der Waals surface area contributed by atoms with E-state index in [1.54, 1.807) is 67.9 Å². The lowest BCUT2D eigenvalue weighted by molar-refractivity contribution is -0.124. The van der Waals surface area contributed by atoms with Gasteiger partial charge in [0.2, 0.25) is 5.91 Å². The van der Waals surface area contributed by atoms with Crippen molar-refractivity contribution < 1.29 is 24.3 Å². The first-order valence-corrected chi connectivity index (χ1v) is 12.5. The minimum absolute atomic E-state index is 0.0868. The molecule has 39 heavy (non-hydrogen) atoms. The third-order valence-electron chi connectivity index (χ3n) is 6.19. The normalized spacial score (nSPS) is 10.9. The number of aromatic nitrogens is 1. The summed E-state index contributed by atoms with van der Waals surface area (Å²) in [5.41, 5.74) is 3.28. The molecular formula is C29H27ClN4O5. The number of anilines is 2. The molecule has 0 saturated heterocycles. The van der Waals surface area contributed by atoms with E-state index < -0.39 is 11.9 Å². The highest BCUT2D eigenvalue weighted by Crippen LogP contribution is 2.25. The molecule has 200 valence electrons. The largest absolute Gasteiger partial charge is 0.478 e. The summed E-state index contributed by atoms with van der Waals surface area (Å²) >= 11 is 6.29. The van der Waals surface area contributed by atoms with Crippen molar-refractivity contribution in [2.24, 2.45) is 13.0 Å². The fraction of sp³-hybridized carbons (Fsp3) is 0.172. The number of aromatic carboxylic acids is 1. The Morgan fingerprint density at radius 3 is 2.21 bits per heavy atom. The SMILES string of the molecule is CC(C)C(=O)NCc1ccc(Cl)c(C(=O)Nc2ccc3c(c2)cc(C(=O)Nc2ccc(C(=O)O)cc2)n3C)c1. The molecular weight excluding hydrogens is 520 g/mol. The molecule has 0 aliphatic carbocycles. The highest BCUT2D eigenvalue weighted by atomic mass is 35.5. The molecule has 0 aliphatic heterocycles. The molecule has 3 amide bonds. The quantitative estimate of drug-likeness (QED) is 0.238. The maximum absolute atomic E-state index is 13.0. The number of rotatable bonds is 8. The number of carboxylic acids is 1. The van der Waals surface area contributed by atoms with Gasteiger partial charge in [0.15, 0.2) is 0 Å². The van der Waals surface area contributed by atoms with E-state index in [1.807, 2.05) is 0 Å². The number of nitrogens with zero attached hydrogens (tertiary/aromatic N) is 1. The maximum atomic E-state index is 13.0. The zero-order valence-corrected chi connectivity index (χ0v) is 22.3. The van der Waals surface area contributed by atoms with Gasteiger partial charge in [0.25, 0.3) is 11.8 Å². The second kappa shape index (κ2) is 11.4. The smallest absolute Gasteiger partial charge is 0.335 e. The van der Waals surface area contributed by atoms with Gasteiger partial charge in [0.1, 0.15) is 5.69 Å². The molecule has 1 aromatic heterocycles. The molecule has 10 heteroatoms. The number of carbonyl (C=O) groups is 4. The van der Waals surface area contributed by atoms with Crippen molar-refractivity contribution in [2.75, 3.05) is 10.6 Å². The van der Waals surface area contributed by atoms with Gasteiger partial charge in [-0.25, -0.2) is 4.79 Å². The predicted octanol–water partition coefficient (Wildman–Crippen LogP) is 5.31. The van der Waals surface area contributed by atoms with Gasteiger partial charge >= 0.3 is 5.97 Å². The predicted molar refractivity (Wildman–Crippen MR) is 150 cm³/mol. The molecule has 3 aromatic carbocycles. The van der Waals surface area contributed by atoms with Crippen LogP contribution in [0.25, 0.3) is 10.9 Å². The van der Waals surface area contributed by atoms with Crippen molar-refractivity contribution in [1.29, 1.82) is 0 Å². The molecule has 0 aliphatic rings. The van der Waals surface area contributed by atoms with Crippen LogP contribution in [-0.4, -0.2) is 33.4 Å². The molecule has 4 N–H and O–H groups in total. The Morgan fingerprint density at radius 1 is 0.872 bits per heavy atom. The minimum Gasteiger partial charge on any atom is -0.478 e. The zero-order valence-electron chi connectivity index (χ0n) is 21.5. The van der Waals surface area contributed by atoms with Gasteiger partial charge in [0, 0.05) is 41.8 Å². The summed E-state index contributed by atoms with van der Waals surface area (Å²) in [6.07, 6.45) is 0. The van der Waals surface area contributed by atoms with Crippen molar-refractivity contribution in [2.45, 2.75) is 20.4 Å². The lowest BCUT2D eigenvalue weighted by Gasteiger charge is -2.11. The summed E-state index contributed by atoms with van der Waals surface area (Å²) < 4.78 is 1.73. The van der Waals surface area contributed by atoms with Crippen LogP contribution in [0.2, 0.25) is 5.02 Å². The number of nitrogens with one attached hydrogen (secondary N) is 3. The van der Waals surface area contributed by atoms with Crippen molar-refractivity contribution >= 4 is 57.6 Å². The van der Waals surface area contributed by atoms with Crippen LogP contribution in [0.4, 0.5) is 11.4 Å². The van der Waals surface area contributed by atoms with Crippen molar-refractivity contribution in [3.63, 3.8) is 0 Å². The number of carboxylic acid groups (broad SMARTS) is 1. The van der Waals surface area contributed by atoms with Crippen LogP contribution in [0.3, 0.4) is 0 Å². The maximum Gasteiger partial charge on any atom is 0.335 e. The Labute approximate surface area is 229 Å². The van der Waals surface area contributed by atoms with Gasteiger partial charge in [-0.2, -0.15) is 0 Å². The van der Waals surface area contributed by atoms with Crippen LogP contribution < -0.4 is 16.0 Å². The summed E-state index contributed by atoms with van der Waals surface area (Å²) in [4.78, 5) is 48.9. The average Bonchev–Trinajstić information content (AvgIpc) is 3.23. The van der Waals surface area contributed by atoms with Crippen LogP contribution in [0.5, 0.6) is 0 Å². The highest BCUT2D eigenvalue weighted by Gasteiger charge is 2.17. The van der Waals surface area contributed by atoms with Gasteiger partial charge < -0.3 is 25.6 Å². The molecule has 0 spiro atoms. The number of carbonyl (C=O) groups excluding carboxylic acids is 3. The lowest BCUT2D eigenvalue weighted by atomic mass is 10.1. The number of benzene rings is 3. The Bertz CT molecular complexity index is 1590. The van der Waals surface area contributed by atoms with Crippen LogP contribution in [0, 0.1) is 5.92 Å². The van der Waals surface area contributed by atoms with Crippen molar-refractivity contribution in [3.8, 4) is 0 Å². The Balaban J connectivity index is 1.50. The average molecular weight is 547 g/mol. The molecule has 0 saturated carbocycles. The summed E-state index contributed by atoms with van der Waals surface area (Å²) in [6.45, 7) is 3.88. The van der Waals surface area contributed by atoms with E-state index in [4.69, 9.17) is 16.7 Å². The number of hydrogen-bond donors (Lipinski definition) is 4. The number of hydrogen-bond acceptors (Lipinski definition) is 4. The van der Waals surface area contributed by atoms with Crippen LogP contribution in [-0.2, 0) is 18.4 Å². The molecule has 0 radical (unpaired) electrons. The second-order valence-electron chi connectivity index (χ2n) is 9.34. The third kappa shape index (κ3) is 6.27. The van der Waals surface area contributed by atoms with E-state index in [9.17, 15) is 19.2 Å². The van der Waals surface area contributed by atoms with Gasteiger partial charge in [-0.3, -0.25) is 14.4 Å². The number of fused-ring (bicyclic) bond motifs is 1. The summed E-state index contributed by atoms with van der Waals surface area (Å²) in [5, 5.41) is 18.5. The molecule has 1 heterocycles. The monoisotopic (exact) mass is 546 g/mol. The molecule has 0 fully saturated rings. The second-order valence-corrected chi connectivity index (χ2v) is 9.75. The molecule has 9 nitrogen and oxygen atoms in total. The first kappa shape index (κ1) is 27.4. The van der Waals surface area contributed by atoms with Gasteiger partial charge in [0.05, 0.1) is 16.1 Å². The summed E-state index contributed by atoms with van der Waals surface area (Å²) in [6, 6.07) is 17.9. The third-order valence-corrected chi connectivity index (χ3v) is 6.52. The Hall–Kier alpha value is -4.63. The van der Waals surface area contributed by atoms with E-state index in [0.717, 1.165) is 16.5 Å². The first-order valence-electron chi connectivity index (χ1n) is 12.1.